The number of rotatable bonds is 5. The fraction of sp³-hybridized carbons (Fsp3) is 0.262. The number of hydrogen-bond donors (Lipinski definition) is 0. The van der Waals surface area contributed by atoms with Crippen molar-refractivity contribution in [2.45, 2.75) is 110 Å². The molecule has 0 N–H and O–H groups in total. The number of nitrogens with zero attached hydrogens (tertiary/aromatic N) is 3. The summed E-state index contributed by atoms with van der Waals surface area (Å²) in [5, 5.41) is 2.62. The fourth-order valence-electron chi connectivity index (χ4n) is 13.7. The van der Waals surface area contributed by atoms with Crippen molar-refractivity contribution in [1.82, 2.24) is 0 Å². The van der Waals surface area contributed by atoms with Gasteiger partial charge in [0, 0.05) is 71.4 Å². The molecule has 0 spiro atoms. The van der Waals surface area contributed by atoms with Crippen LogP contribution in [-0.4, -0.2) is 6.71 Å². The minimum atomic E-state index is 0.000931. The summed E-state index contributed by atoms with van der Waals surface area (Å²) in [7, 11) is 0. The second kappa shape index (κ2) is 15.0. The zero-order valence-corrected chi connectivity index (χ0v) is 43.3. The van der Waals surface area contributed by atoms with E-state index in [9.17, 15) is 0 Å². The third-order valence-corrected chi connectivity index (χ3v) is 18.1. The van der Waals surface area contributed by atoms with E-state index in [0.717, 1.165) is 29.9 Å². The molecule has 9 aromatic rings. The van der Waals surface area contributed by atoms with Crippen LogP contribution < -0.4 is 31.1 Å². The molecule has 0 amide bonds. The Kier molecular flexibility index (Phi) is 9.30. The summed E-state index contributed by atoms with van der Waals surface area (Å²) in [5.74, 6) is 0. The number of hydrogen-bond acceptors (Lipinski definition) is 4. The predicted molar refractivity (Wildman–Crippen MR) is 303 cm³/mol. The lowest BCUT2D eigenvalue weighted by Crippen LogP contribution is -2.62. The number of aryl methyl sites for hydroxylation is 2. The van der Waals surface area contributed by atoms with Gasteiger partial charge in [-0.1, -0.05) is 128 Å². The highest BCUT2D eigenvalue weighted by Gasteiger charge is 2.48. The maximum absolute atomic E-state index is 2.71. The average molecular weight is 928 g/mol. The summed E-state index contributed by atoms with van der Waals surface area (Å²) in [6, 6.07) is 60.7. The first-order chi connectivity index (χ1) is 33.5. The molecule has 0 saturated heterocycles. The van der Waals surface area contributed by atoms with Gasteiger partial charge in [0.15, 0.2) is 0 Å². The molecule has 2 aliphatic heterocycles. The molecule has 0 radical (unpaired) electrons. The van der Waals surface area contributed by atoms with Gasteiger partial charge in [-0.15, -0.1) is 11.3 Å². The SMILES string of the molecule is Cc1cc2c3c(c1)N(c1cc4c(cc1C)C(C)(C)CC4(C)C)c1cc4c(cc1B3c1ccc(N(c3ccccc3)c3ccccc3)cc1N2c1ccc2sc3ccccc3c2c1)C(C)(C)CCC4(C)C. The Balaban J connectivity index is 1.14. The molecule has 13 rings (SSSR count). The van der Waals surface area contributed by atoms with E-state index in [0.29, 0.717) is 0 Å². The minimum absolute atomic E-state index is 0.000931. The zero-order chi connectivity index (χ0) is 48.2. The van der Waals surface area contributed by atoms with Crippen LogP contribution in [0.3, 0.4) is 0 Å². The number of anilines is 9. The lowest BCUT2D eigenvalue weighted by Gasteiger charge is -2.48. The van der Waals surface area contributed by atoms with Crippen LogP contribution in [-0.2, 0) is 21.7 Å². The van der Waals surface area contributed by atoms with E-state index >= 15 is 0 Å². The highest BCUT2D eigenvalue weighted by atomic mass is 32.1. The molecule has 4 aliphatic rings. The van der Waals surface area contributed by atoms with Crippen molar-refractivity contribution in [2.75, 3.05) is 14.7 Å². The minimum Gasteiger partial charge on any atom is -0.311 e. The highest BCUT2D eigenvalue weighted by molar-refractivity contribution is 7.25. The zero-order valence-electron chi connectivity index (χ0n) is 42.5. The smallest absolute Gasteiger partial charge is 0.252 e. The summed E-state index contributed by atoms with van der Waals surface area (Å²) in [6.07, 6.45) is 3.47. The molecule has 5 heteroatoms. The van der Waals surface area contributed by atoms with Crippen molar-refractivity contribution < 1.29 is 0 Å². The molecule has 0 saturated carbocycles. The van der Waals surface area contributed by atoms with Gasteiger partial charge in [-0.25, -0.2) is 0 Å². The van der Waals surface area contributed by atoms with Gasteiger partial charge < -0.3 is 14.7 Å². The predicted octanol–water partition coefficient (Wildman–Crippen LogP) is 16.5. The van der Waals surface area contributed by atoms with Crippen LogP contribution in [0, 0.1) is 13.8 Å². The maximum Gasteiger partial charge on any atom is 0.252 e. The lowest BCUT2D eigenvalue weighted by molar-refractivity contribution is 0.332. The van der Waals surface area contributed by atoms with Gasteiger partial charge in [0.1, 0.15) is 0 Å². The second-order valence-electron chi connectivity index (χ2n) is 23.7. The van der Waals surface area contributed by atoms with Crippen molar-refractivity contribution in [3.05, 3.63) is 191 Å². The summed E-state index contributed by atoms with van der Waals surface area (Å²) >= 11 is 1.89. The number of benzene rings is 8. The van der Waals surface area contributed by atoms with Gasteiger partial charge in [-0.05, 0) is 189 Å². The average Bonchev–Trinajstić information content (AvgIpc) is 3.79. The highest BCUT2D eigenvalue weighted by Crippen LogP contribution is 2.55. The van der Waals surface area contributed by atoms with Crippen LogP contribution in [0.25, 0.3) is 20.2 Å². The molecule has 0 bridgehead atoms. The van der Waals surface area contributed by atoms with Gasteiger partial charge in [-0.3, -0.25) is 0 Å². The Labute approximate surface area is 419 Å². The first-order valence-electron chi connectivity index (χ1n) is 25.5. The largest absolute Gasteiger partial charge is 0.311 e. The summed E-state index contributed by atoms with van der Waals surface area (Å²) in [5.41, 5.74) is 23.9. The number of thiophene rings is 1. The van der Waals surface area contributed by atoms with Crippen molar-refractivity contribution in [2.24, 2.45) is 0 Å². The molecule has 70 heavy (non-hydrogen) atoms. The normalized spacial score (nSPS) is 17.5. The first kappa shape index (κ1) is 43.5. The summed E-state index contributed by atoms with van der Waals surface area (Å²) < 4.78 is 2.64. The lowest BCUT2D eigenvalue weighted by atomic mass is 9.33. The Morgan fingerprint density at radius 3 is 1.69 bits per heavy atom. The van der Waals surface area contributed by atoms with Crippen molar-refractivity contribution >= 4 is 106 Å². The topological polar surface area (TPSA) is 9.72 Å². The van der Waals surface area contributed by atoms with Gasteiger partial charge in [0.2, 0.25) is 0 Å². The van der Waals surface area contributed by atoms with Crippen LogP contribution in [0.1, 0.15) is 108 Å². The molecule has 346 valence electrons. The van der Waals surface area contributed by atoms with Gasteiger partial charge in [-0.2, -0.15) is 0 Å². The fourth-order valence-corrected chi connectivity index (χ4v) is 14.7. The standard InChI is InChI=1S/C65H62BN3S/c1-40-31-57-61-58(32-40)69(54-37-51-48(33-41(54)2)64(7,8)39-65(51,9)10)56-38-50-49(62(3,4)29-30-63(50,5)6)36-53(56)66(61)52-27-25-45(67(42-19-13-11-14-20-42)43-21-15-12-16-22-43)35-55(52)68(57)44-26-28-60-47(34-44)46-23-17-18-24-59(46)70-60/h11-28,31-38H,29-30,39H2,1-10H3. The molecule has 3 nitrogen and oxygen atoms in total. The van der Waals surface area contributed by atoms with E-state index in [1.165, 1.54) is 110 Å². The maximum atomic E-state index is 2.71. The van der Waals surface area contributed by atoms with E-state index in [-0.39, 0.29) is 28.4 Å². The first-order valence-corrected chi connectivity index (χ1v) is 26.4. The quantitative estimate of drug-likeness (QED) is 0.159. The van der Waals surface area contributed by atoms with E-state index in [4.69, 9.17) is 0 Å². The second-order valence-corrected chi connectivity index (χ2v) is 24.8. The Bertz CT molecular complexity index is 3600. The number of fused-ring (bicyclic) bond motifs is 9. The molecule has 0 fully saturated rings. The molecular weight excluding hydrogens is 866 g/mol. The monoisotopic (exact) mass is 927 g/mol. The van der Waals surface area contributed by atoms with Crippen molar-refractivity contribution in [1.29, 1.82) is 0 Å². The Morgan fingerprint density at radius 2 is 1.00 bits per heavy atom. The van der Waals surface area contributed by atoms with Crippen LogP contribution in [0.2, 0.25) is 0 Å². The summed E-state index contributed by atoms with van der Waals surface area (Å²) in [6.45, 7) is 24.4. The van der Waals surface area contributed by atoms with Crippen molar-refractivity contribution in [3.63, 3.8) is 0 Å². The van der Waals surface area contributed by atoms with E-state index in [1.807, 2.05) is 11.3 Å². The van der Waals surface area contributed by atoms with Gasteiger partial charge in [0.25, 0.3) is 6.71 Å². The van der Waals surface area contributed by atoms with Crippen molar-refractivity contribution in [3.8, 4) is 0 Å². The number of para-hydroxylation sites is 2. The van der Waals surface area contributed by atoms with Crippen LogP contribution in [0.4, 0.5) is 51.2 Å². The molecule has 0 unspecified atom stereocenters. The third-order valence-electron chi connectivity index (χ3n) is 17.0. The van der Waals surface area contributed by atoms with Gasteiger partial charge >= 0.3 is 0 Å². The Hall–Kier alpha value is -6.56. The molecule has 1 aromatic heterocycles. The summed E-state index contributed by atoms with van der Waals surface area (Å²) in [4.78, 5) is 7.76. The van der Waals surface area contributed by atoms with E-state index in [2.05, 4.69) is 242 Å². The molecule has 2 aliphatic carbocycles. The van der Waals surface area contributed by atoms with Crippen LogP contribution in [0.5, 0.6) is 0 Å². The third kappa shape index (κ3) is 6.39. The molecule has 8 aromatic carbocycles. The van der Waals surface area contributed by atoms with E-state index < -0.39 is 0 Å². The van der Waals surface area contributed by atoms with Crippen LogP contribution >= 0.6 is 11.3 Å². The molecule has 0 atom stereocenters. The molecule has 3 heterocycles. The van der Waals surface area contributed by atoms with Gasteiger partial charge in [0.05, 0.1) is 0 Å². The Morgan fingerprint density at radius 1 is 0.443 bits per heavy atom. The molecular formula is C65H62BN3S. The van der Waals surface area contributed by atoms with Crippen LogP contribution in [0.15, 0.2) is 158 Å². The van der Waals surface area contributed by atoms with E-state index in [1.54, 1.807) is 0 Å².